The maximum atomic E-state index is 12.4. The first kappa shape index (κ1) is 19.2. The van der Waals surface area contributed by atoms with E-state index in [1.54, 1.807) is 4.68 Å². The molecule has 0 saturated carbocycles. The van der Waals surface area contributed by atoms with Crippen LogP contribution in [-0.2, 0) is 4.79 Å². The molecule has 4 heteroatoms. The Hall–Kier alpha value is -2.10. The highest BCUT2D eigenvalue weighted by molar-refractivity contribution is 5.72. The summed E-state index contributed by atoms with van der Waals surface area (Å²) in [6.45, 7) is 14.7. The minimum Gasteiger partial charge on any atom is -0.407 e. The molecule has 2 aromatic rings. The van der Waals surface area contributed by atoms with Crippen LogP contribution in [-0.4, -0.2) is 15.7 Å². The number of rotatable bonds is 5. The minimum absolute atomic E-state index is 0.205. The molecule has 1 aromatic heterocycles. The van der Waals surface area contributed by atoms with Gasteiger partial charge in [0.15, 0.2) is 0 Å². The Labute approximate surface area is 151 Å². The van der Waals surface area contributed by atoms with Crippen LogP contribution >= 0.6 is 0 Å². The van der Waals surface area contributed by atoms with Gasteiger partial charge in [-0.15, -0.1) is 0 Å². The molecule has 0 aliphatic rings. The van der Waals surface area contributed by atoms with Crippen LogP contribution in [0.3, 0.4) is 0 Å². The summed E-state index contributed by atoms with van der Waals surface area (Å²) < 4.78 is 7.37. The van der Waals surface area contributed by atoms with Gasteiger partial charge in [0.1, 0.15) is 0 Å². The fourth-order valence-corrected chi connectivity index (χ4v) is 3.32. The molecular formula is C21H30N2O2. The number of aromatic nitrogens is 2. The molecule has 0 aliphatic heterocycles. The topological polar surface area (TPSA) is 44.1 Å². The molecule has 0 fully saturated rings. The van der Waals surface area contributed by atoms with Crippen LogP contribution in [0, 0.1) is 32.1 Å². The van der Waals surface area contributed by atoms with Gasteiger partial charge >= 0.3 is 5.97 Å². The van der Waals surface area contributed by atoms with E-state index in [4.69, 9.17) is 4.74 Å². The lowest BCUT2D eigenvalue weighted by molar-refractivity contribution is -0.135. The molecule has 0 N–H and O–H groups in total. The van der Waals surface area contributed by atoms with Gasteiger partial charge in [0.25, 0.3) is 0 Å². The van der Waals surface area contributed by atoms with Crippen LogP contribution in [0.25, 0.3) is 5.69 Å². The van der Waals surface area contributed by atoms with E-state index in [9.17, 15) is 4.79 Å². The van der Waals surface area contributed by atoms with Gasteiger partial charge in [0.2, 0.25) is 5.88 Å². The number of ether oxygens (including phenoxy) is 1. The van der Waals surface area contributed by atoms with Crippen molar-refractivity contribution in [1.29, 1.82) is 0 Å². The number of carbonyl (C=O) groups excluding carboxylic acids is 1. The number of hydrogen-bond acceptors (Lipinski definition) is 3. The molecule has 0 aliphatic carbocycles. The first-order chi connectivity index (χ1) is 11.5. The Kier molecular flexibility index (Phi) is 5.71. The molecule has 1 aromatic carbocycles. The van der Waals surface area contributed by atoms with E-state index in [0.29, 0.717) is 12.3 Å². The SMILES string of the molecule is Cc1ccc(-n2nc(C)cc2OC(=O)CC(C)CC(C)(C)C)c(C)c1. The van der Waals surface area contributed by atoms with Crippen LogP contribution < -0.4 is 4.74 Å². The second-order valence-electron chi connectivity index (χ2n) is 8.37. The molecule has 4 nitrogen and oxygen atoms in total. The van der Waals surface area contributed by atoms with Crippen molar-refractivity contribution in [2.24, 2.45) is 11.3 Å². The van der Waals surface area contributed by atoms with Gasteiger partial charge in [-0.25, -0.2) is 4.68 Å². The summed E-state index contributed by atoms with van der Waals surface area (Å²) in [5, 5.41) is 4.50. The number of nitrogens with zero attached hydrogens (tertiary/aromatic N) is 2. The predicted octanol–water partition coefficient (Wildman–Crippen LogP) is 5.17. The van der Waals surface area contributed by atoms with Crippen molar-refractivity contribution in [2.75, 3.05) is 0 Å². The Bertz CT molecular complexity index is 754. The smallest absolute Gasteiger partial charge is 0.312 e. The molecule has 1 unspecified atom stereocenters. The van der Waals surface area contributed by atoms with E-state index in [1.165, 1.54) is 5.56 Å². The fraction of sp³-hybridized carbons (Fsp3) is 0.524. The number of esters is 1. The highest BCUT2D eigenvalue weighted by Crippen LogP contribution is 2.27. The molecule has 0 spiro atoms. The van der Waals surface area contributed by atoms with Crippen molar-refractivity contribution >= 4 is 5.97 Å². The first-order valence-corrected chi connectivity index (χ1v) is 8.90. The van der Waals surface area contributed by atoms with Crippen molar-refractivity contribution in [2.45, 2.75) is 61.3 Å². The molecule has 0 radical (unpaired) electrons. The Morgan fingerprint density at radius 2 is 1.88 bits per heavy atom. The van der Waals surface area contributed by atoms with Crippen LogP contribution in [0.5, 0.6) is 5.88 Å². The molecule has 0 bridgehead atoms. The van der Waals surface area contributed by atoms with Crippen LogP contribution in [0.2, 0.25) is 0 Å². The summed E-state index contributed by atoms with van der Waals surface area (Å²) in [6, 6.07) is 7.96. The van der Waals surface area contributed by atoms with Gasteiger partial charge in [0.05, 0.1) is 11.4 Å². The Morgan fingerprint density at radius 1 is 1.20 bits per heavy atom. The molecule has 136 valence electrons. The zero-order valence-electron chi connectivity index (χ0n) is 16.5. The van der Waals surface area contributed by atoms with E-state index < -0.39 is 0 Å². The van der Waals surface area contributed by atoms with Gasteiger partial charge in [-0.3, -0.25) is 4.79 Å². The largest absolute Gasteiger partial charge is 0.407 e. The lowest BCUT2D eigenvalue weighted by Crippen LogP contribution is -2.18. The lowest BCUT2D eigenvalue weighted by atomic mass is 9.84. The van der Waals surface area contributed by atoms with Crippen molar-refractivity contribution in [3.05, 3.63) is 41.1 Å². The second kappa shape index (κ2) is 7.42. The standard InChI is InChI=1S/C21H30N2O2/c1-14-8-9-18(16(3)10-14)23-19(12-17(4)22-23)25-20(24)11-15(2)13-21(5,6)7/h8-10,12,15H,11,13H2,1-7H3. The van der Waals surface area contributed by atoms with E-state index in [0.717, 1.165) is 23.4 Å². The molecule has 25 heavy (non-hydrogen) atoms. The van der Waals surface area contributed by atoms with Crippen LogP contribution in [0.15, 0.2) is 24.3 Å². The number of hydrogen-bond donors (Lipinski definition) is 0. The van der Waals surface area contributed by atoms with Gasteiger partial charge in [0, 0.05) is 12.5 Å². The average molecular weight is 342 g/mol. The molecular weight excluding hydrogens is 312 g/mol. The molecule has 1 atom stereocenters. The van der Waals surface area contributed by atoms with E-state index in [1.807, 2.05) is 32.0 Å². The third-order valence-electron chi connectivity index (χ3n) is 4.07. The average Bonchev–Trinajstić information content (AvgIpc) is 2.76. The van der Waals surface area contributed by atoms with Crippen LogP contribution in [0.1, 0.15) is 57.4 Å². The highest BCUT2D eigenvalue weighted by Gasteiger charge is 2.20. The quantitative estimate of drug-likeness (QED) is 0.705. The Balaban J connectivity index is 2.17. The van der Waals surface area contributed by atoms with Gasteiger partial charge < -0.3 is 4.74 Å². The molecule has 0 saturated heterocycles. The van der Waals surface area contributed by atoms with Crippen molar-refractivity contribution < 1.29 is 9.53 Å². The summed E-state index contributed by atoms with van der Waals surface area (Å²) in [5.74, 6) is 0.561. The summed E-state index contributed by atoms with van der Waals surface area (Å²) in [7, 11) is 0. The maximum Gasteiger partial charge on any atom is 0.312 e. The van der Waals surface area contributed by atoms with Crippen molar-refractivity contribution in [1.82, 2.24) is 9.78 Å². The fourth-order valence-electron chi connectivity index (χ4n) is 3.32. The zero-order chi connectivity index (χ0) is 18.8. The van der Waals surface area contributed by atoms with Crippen molar-refractivity contribution in [3.63, 3.8) is 0 Å². The zero-order valence-corrected chi connectivity index (χ0v) is 16.5. The Morgan fingerprint density at radius 3 is 2.48 bits per heavy atom. The second-order valence-corrected chi connectivity index (χ2v) is 8.37. The normalized spacial score (nSPS) is 12.9. The molecule has 2 rings (SSSR count). The third kappa shape index (κ3) is 5.45. The number of aryl methyl sites for hydroxylation is 3. The highest BCUT2D eigenvalue weighted by atomic mass is 16.5. The molecule has 1 heterocycles. The minimum atomic E-state index is -0.206. The van der Waals surface area contributed by atoms with Crippen molar-refractivity contribution in [3.8, 4) is 11.6 Å². The van der Waals surface area contributed by atoms with Gasteiger partial charge in [-0.2, -0.15) is 5.10 Å². The van der Waals surface area contributed by atoms with E-state index in [2.05, 4.69) is 45.8 Å². The monoisotopic (exact) mass is 342 g/mol. The number of benzene rings is 1. The van der Waals surface area contributed by atoms with Gasteiger partial charge in [-0.05, 0) is 50.2 Å². The third-order valence-corrected chi connectivity index (χ3v) is 4.07. The lowest BCUT2D eigenvalue weighted by Gasteiger charge is -2.22. The number of carbonyl (C=O) groups is 1. The summed E-state index contributed by atoms with van der Waals surface area (Å²) in [6.07, 6.45) is 1.39. The van der Waals surface area contributed by atoms with Crippen LogP contribution in [0.4, 0.5) is 0 Å². The van der Waals surface area contributed by atoms with Gasteiger partial charge in [-0.1, -0.05) is 45.4 Å². The maximum absolute atomic E-state index is 12.4. The summed E-state index contributed by atoms with van der Waals surface area (Å²) in [4.78, 5) is 12.4. The molecule has 0 amide bonds. The first-order valence-electron chi connectivity index (χ1n) is 8.90. The summed E-state index contributed by atoms with van der Waals surface area (Å²) >= 11 is 0. The predicted molar refractivity (Wildman–Crippen MR) is 101 cm³/mol. The van der Waals surface area contributed by atoms with E-state index in [-0.39, 0.29) is 17.3 Å². The summed E-state index contributed by atoms with van der Waals surface area (Å²) in [5.41, 5.74) is 4.26. The van der Waals surface area contributed by atoms with E-state index >= 15 is 0 Å².